The van der Waals surface area contributed by atoms with Gasteiger partial charge in [0.2, 0.25) is 0 Å². The average molecular weight is 369 g/mol. The number of aliphatic hydroxyl groups is 1. The molecule has 1 fully saturated rings. The first kappa shape index (κ1) is 19.2. The summed E-state index contributed by atoms with van der Waals surface area (Å²) in [4.78, 5) is 4.65. The summed E-state index contributed by atoms with van der Waals surface area (Å²) in [6.45, 7) is 6.38. The molecule has 6 heteroatoms. The van der Waals surface area contributed by atoms with Crippen LogP contribution < -0.4 is 9.64 Å². The zero-order valence-corrected chi connectivity index (χ0v) is 15.7. The monoisotopic (exact) mass is 369 g/mol. The van der Waals surface area contributed by atoms with Gasteiger partial charge in [0.25, 0.3) is 0 Å². The number of β-amino-alcohol motifs (C(OH)–C–C–N with tert-alkyl or cyclic N) is 1. The van der Waals surface area contributed by atoms with Crippen LogP contribution >= 0.6 is 0 Å². The van der Waals surface area contributed by atoms with Gasteiger partial charge in [-0.15, -0.1) is 0 Å². The highest BCUT2D eigenvalue weighted by atomic mass is 16.5. The number of anilines is 1. The average Bonchev–Trinajstić information content (AvgIpc) is 2.73. The number of hydrogen-bond donors (Lipinski definition) is 2. The van der Waals surface area contributed by atoms with Crippen LogP contribution in [0.1, 0.15) is 12.5 Å². The van der Waals surface area contributed by atoms with E-state index < -0.39 is 6.10 Å². The Morgan fingerprint density at radius 2 is 1.70 bits per heavy atom. The predicted octanol–water partition coefficient (Wildman–Crippen LogP) is 2.45. The molecule has 0 radical (unpaired) electrons. The Balaban J connectivity index is 1.40. The van der Waals surface area contributed by atoms with E-state index in [4.69, 9.17) is 9.94 Å². The van der Waals surface area contributed by atoms with E-state index >= 15 is 0 Å². The molecule has 0 aliphatic carbocycles. The number of ether oxygens (including phenoxy) is 1. The topological polar surface area (TPSA) is 68.5 Å². The van der Waals surface area contributed by atoms with E-state index in [-0.39, 0.29) is 6.61 Å². The van der Waals surface area contributed by atoms with Gasteiger partial charge in [-0.25, -0.2) is 0 Å². The second kappa shape index (κ2) is 9.39. The minimum Gasteiger partial charge on any atom is -0.491 e. The van der Waals surface area contributed by atoms with E-state index in [0.717, 1.165) is 31.7 Å². The normalized spacial score (nSPS) is 17.0. The largest absolute Gasteiger partial charge is 0.491 e. The summed E-state index contributed by atoms with van der Waals surface area (Å²) < 4.78 is 5.68. The molecule has 1 heterocycles. The Bertz CT molecular complexity index is 726. The number of rotatable bonds is 7. The molecule has 3 rings (SSSR count). The van der Waals surface area contributed by atoms with E-state index in [1.54, 1.807) is 6.92 Å². The Morgan fingerprint density at radius 1 is 1.04 bits per heavy atom. The van der Waals surface area contributed by atoms with Gasteiger partial charge >= 0.3 is 0 Å². The van der Waals surface area contributed by atoms with Crippen LogP contribution in [0.25, 0.3) is 0 Å². The second-order valence-corrected chi connectivity index (χ2v) is 6.80. The standard InChI is InChI=1S/C21H27N3O3/c1-17(22-26)18-7-9-21(10-8-18)27-16-20(25)15-23-11-13-24(14-12-23)19-5-3-2-4-6-19/h2-10,20,25-26H,11-16H2,1H3/b22-17+. The summed E-state index contributed by atoms with van der Waals surface area (Å²) in [5, 5.41) is 22.3. The van der Waals surface area contributed by atoms with Crippen molar-refractivity contribution < 1.29 is 15.1 Å². The first-order chi connectivity index (χ1) is 13.2. The van der Waals surface area contributed by atoms with Gasteiger partial charge in [0.15, 0.2) is 0 Å². The zero-order valence-electron chi connectivity index (χ0n) is 15.7. The third kappa shape index (κ3) is 5.45. The predicted molar refractivity (Wildman–Crippen MR) is 107 cm³/mol. The summed E-state index contributed by atoms with van der Waals surface area (Å²) in [5.41, 5.74) is 2.64. The molecule has 1 atom stereocenters. The molecule has 0 bridgehead atoms. The number of nitrogens with zero attached hydrogens (tertiary/aromatic N) is 3. The molecular weight excluding hydrogens is 342 g/mol. The Morgan fingerprint density at radius 3 is 2.33 bits per heavy atom. The van der Waals surface area contributed by atoms with Crippen LogP contribution in [-0.4, -0.2) is 66.4 Å². The first-order valence-corrected chi connectivity index (χ1v) is 9.28. The molecule has 1 aliphatic rings. The summed E-state index contributed by atoms with van der Waals surface area (Å²) in [5.74, 6) is 0.692. The highest BCUT2D eigenvalue weighted by Gasteiger charge is 2.19. The van der Waals surface area contributed by atoms with E-state index in [1.165, 1.54) is 5.69 Å². The van der Waals surface area contributed by atoms with Crippen LogP contribution in [0.2, 0.25) is 0 Å². The van der Waals surface area contributed by atoms with Crippen molar-refractivity contribution in [1.29, 1.82) is 0 Å². The van der Waals surface area contributed by atoms with Gasteiger partial charge in [0.05, 0.1) is 5.71 Å². The van der Waals surface area contributed by atoms with E-state index in [0.29, 0.717) is 18.0 Å². The van der Waals surface area contributed by atoms with Gasteiger partial charge < -0.3 is 20.0 Å². The lowest BCUT2D eigenvalue weighted by molar-refractivity contribution is 0.0663. The fourth-order valence-corrected chi connectivity index (χ4v) is 3.22. The van der Waals surface area contributed by atoms with Crippen LogP contribution in [-0.2, 0) is 0 Å². The van der Waals surface area contributed by atoms with Crippen molar-refractivity contribution in [2.75, 3.05) is 44.2 Å². The molecule has 2 aromatic carbocycles. The quantitative estimate of drug-likeness (QED) is 0.446. The number of hydrogen-bond acceptors (Lipinski definition) is 6. The molecule has 0 spiro atoms. The maximum Gasteiger partial charge on any atom is 0.119 e. The van der Waals surface area contributed by atoms with Gasteiger partial charge in [0, 0.05) is 38.4 Å². The molecule has 0 saturated carbocycles. The molecule has 1 saturated heterocycles. The van der Waals surface area contributed by atoms with E-state index in [1.807, 2.05) is 30.3 Å². The lowest BCUT2D eigenvalue weighted by Crippen LogP contribution is -2.49. The third-order valence-corrected chi connectivity index (χ3v) is 4.83. The Hall–Kier alpha value is -2.57. The third-order valence-electron chi connectivity index (χ3n) is 4.83. The van der Waals surface area contributed by atoms with Crippen molar-refractivity contribution in [2.45, 2.75) is 13.0 Å². The number of benzene rings is 2. The van der Waals surface area contributed by atoms with Crippen molar-refractivity contribution in [3.63, 3.8) is 0 Å². The zero-order chi connectivity index (χ0) is 19.1. The summed E-state index contributed by atoms with van der Waals surface area (Å²) in [6, 6.07) is 17.7. The second-order valence-electron chi connectivity index (χ2n) is 6.80. The molecule has 0 aromatic heterocycles. The van der Waals surface area contributed by atoms with Crippen molar-refractivity contribution in [2.24, 2.45) is 5.16 Å². The van der Waals surface area contributed by atoms with Crippen LogP contribution in [0.15, 0.2) is 59.8 Å². The van der Waals surface area contributed by atoms with Gasteiger partial charge in [-0.1, -0.05) is 23.4 Å². The lowest BCUT2D eigenvalue weighted by atomic mass is 10.1. The molecule has 2 aromatic rings. The fraction of sp³-hybridized carbons (Fsp3) is 0.381. The van der Waals surface area contributed by atoms with Crippen LogP contribution in [0.3, 0.4) is 0 Å². The van der Waals surface area contributed by atoms with Gasteiger partial charge in [-0.2, -0.15) is 0 Å². The van der Waals surface area contributed by atoms with Crippen LogP contribution in [0.5, 0.6) is 5.75 Å². The van der Waals surface area contributed by atoms with Crippen molar-refractivity contribution >= 4 is 11.4 Å². The van der Waals surface area contributed by atoms with Crippen LogP contribution in [0.4, 0.5) is 5.69 Å². The van der Waals surface area contributed by atoms with Crippen molar-refractivity contribution in [3.05, 3.63) is 60.2 Å². The molecule has 27 heavy (non-hydrogen) atoms. The van der Waals surface area contributed by atoms with Crippen molar-refractivity contribution in [3.8, 4) is 5.75 Å². The first-order valence-electron chi connectivity index (χ1n) is 9.28. The highest BCUT2D eigenvalue weighted by Crippen LogP contribution is 2.16. The smallest absolute Gasteiger partial charge is 0.119 e. The molecule has 0 amide bonds. The number of para-hydroxylation sites is 1. The van der Waals surface area contributed by atoms with E-state index in [2.05, 4.69) is 39.2 Å². The summed E-state index contributed by atoms with van der Waals surface area (Å²) >= 11 is 0. The Kier molecular flexibility index (Phi) is 6.68. The maximum atomic E-state index is 10.3. The molecule has 1 aliphatic heterocycles. The van der Waals surface area contributed by atoms with Crippen LogP contribution in [0, 0.1) is 0 Å². The summed E-state index contributed by atoms with van der Waals surface area (Å²) in [7, 11) is 0. The molecule has 144 valence electrons. The number of oxime groups is 1. The Labute approximate surface area is 160 Å². The van der Waals surface area contributed by atoms with Gasteiger partial charge in [0.1, 0.15) is 18.5 Å². The van der Waals surface area contributed by atoms with E-state index in [9.17, 15) is 5.11 Å². The van der Waals surface area contributed by atoms with Gasteiger partial charge in [-0.3, -0.25) is 4.90 Å². The fourth-order valence-electron chi connectivity index (χ4n) is 3.22. The molecular formula is C21H27N3O3. The highest BCUT2D eigenvalue weighted by molar-refractivity contribution is 5.98. The summed E-state index contributed by atoms with van der Waals surface area (Å²) in [6.07, 6.45) is -0.534. The SMILES string of the molecule is C/C(=N\O)c1ccc(OCC(O)CN2CCN(c3ccccc3)CC2)cc1. The van der Waals surface area contributed by atoms with Crippen molar-refractivity contribution in [1.82, 2.24) is 4.90 Å². The lowest BCUT2D eigenvalue weighted by Gasteiger charge is -2.36. The van der Waals surface area contributed by atoms with Gasteiger partial charge in [-0.05, 0) is 48.9 Å². The number of aliphatic hydroxyl groups excluding tert-OH is 1. The minimum absolute atomic E-state index is 0.255. The maximum absolute atomic E-state index is 10.3. The minimum atomic E-state index is -0.534. The number of piperazine rings is 1. The molecule has 2 N–H and O–H groups in total. The molecule has 6 nitrogen and oxygen atoms in total. The molecule has 1 unspecified atom stereocenters.